The van der Waals surface area contributed by atoms with Crippen LogP contribution in [0.4, 0.5) is 10.5 Å². The number of hydrogen-bond donors (Lipinski definition) is 2. The summed E-state index contributed by atoms with van der Waals surface area (Å²) in [7, 11) is 0. The van der Waals surface area contributed by atoms with E-state index in [1.807, 2.05) is 30.3 Å². The number of carbonyl (C=O) groups is 1. The Bertz CT molecular complexity index is 646. The van der Waals surface area contributed by atoms with Gasteiger partial charge < -0.3 is 24.8 Å². The van der Waals surface area contributed by atoms with E-state index in [1.54, 1.807) is 18.2 Å². The molecule has 0 saturated carbocycles. The topological polar surface area (TPSA) is 68.8 Å². The Morgan fingerprint density at radius 3 is 2.77 bits per heavy atom. The number of amides is 2. The molecule has 2 aromatic rings. The number of urea groups is 1. The molecule has 22 heavy (non-hydrogen) atoms. The molecular formula is C16H16N2O4. The van der Waals surface area contributed by atoms with Crippen LogP contribution < -0.4 is 24.8 Å². The maximum Gasteiger partial charge on any atom is 0.319 e. The van der Waals surface area contributed by atoms with Crippen LogP contribution >= 0.6 is 0 Å². The predicted molar refractivity (Wildman–Crippen MR) is 81.5 cm³/mol. The molecule has 0 aromatic heterocycles. The Morgan fingerprint density at radius 2 is 1.91 bits per heavy atom. The lowest BCUT2D eigenvalue weighted by Crippen LogP contribution is -2.32. The van der Waals surface area contributed by atoms with Gasteiger partial charge in [-0.05, 0) is 24.3 Å². The number of fused-ring (bicyclic) bond motifs is 1. The van der Waals surface area contributed by atoms with Crippen LogP contribution in [0.3, 0.4) is 0 Å². The standard InChI is InChI=1S/C16H16N2O4/c19-16(17-8-9-20-13-4-2-1-3-5-13)18-12-6-7-14-15(10-12)22-11-21-14/h1-7,10H,8-9,11H2,(H2,17,18,19). The monoisotopic (exact) mass is 300 g/mol. The highest BCUT2D eigenvalue weighted by Gasteiger charge is 2.13. The molecule has 0 bridgehead atoms. The van der Waals surface area contributed by atoms with Gasteiger partial charge in [0.2, 0.25) is 6.79 Å². The van der Waals surface area contributed by atoms with Crippen molar-refractivity contribution in [2.75, 3.05) is 25.3 Å². The third kappa shape index (κ3) is 3.60. The number of hydrogen-bond acceptors (Lipinski definition) is 4. The molecular weight excluding hydrogens is 284 g/mol. The Kier molecular flexibility index (Phi) is 4.29. The van der Waals surface area contributed by atoms with Gasteiger partial charge in [-0.2, -0.15) is 0 Å². The molecule has 6 heteroatoms. The van der Waals surface area contributed by atoms with E-state index in [2.05, 4.69) is 10.6 Å². The molecule has 0 atom stereocenters. The van der Waals surface area contributed by atoms with Gasteiger partial charge in [-0.1, -0.05) is 18.2 Å². The van der Waals surface area contributed by atoms with Crippen molar-refractivity contribution in [3.63, 3.8) is 0 Å². The summed E-state index contributed by atoms with van der Waals surface area (Å²) in [5.41, 5.74) is 0.644. The lowest BCUT2D eigenvalue weighted by molar-refractivity contribution is 0.174. The second-order valence-corrected chi connectivity index (χ2v) is 4.61. The van der Waals surface area contributed by atoms with Crippen LogP contribution in [0, 0.1) is 0 Å². The minimum atomic E-state index is -0.296. The highest BCUT2D eigenvalue weighted by molar-refractivity contribution is 5.89. The summed E-state index contributed by atoms with van der Waals surface area (Å²) in [6, 6.07) is 14.4. The average molecular weight is 300 g/mol. The van der Waals surface area contributed by atoms with Crippen molar-refractivity contribution in [2.24, 2.45) is 0 Å². The summed E-state index contributed by atoms with van der Waals surface area (Å²) in [6.07, 6.45) is 0. The first-order valence-electron chi connectivity index (χ1n) is 6.93. The smallest absolute Gasteiger partial charge is 0.319 e. The number of ether oxygens (including phenoxy) is 3. The number of anilines is 1. The van der Waals surface area contributed by atoms with Crippen molar-refractivity contribution in [2.45, 2.75) is 0 Å². The van der Waals surface area contributed by atoms with Crippen molar-refractivity contribution >= 4 is 11.7 Å². The van der Waals surface area contributed by atoms with Crippen molar-refractivity contribution in [1.29, 1.82) is 0 Å². The van der Waals surface area contributed by atoms with Crippen molar-refractivity contribution < 1.29 is 19.0 Å². The first-order valence-corrected chi connectivity index (χ1v) is 6.93. The highest BCUT2D eigenvalue weighted by atomic mass is 16.7. The van der Waals surface area contributed by atoms with Gasteiger partial charge >= 0.3 is 6.03 Å². The SMILES string of the molecule is O=C(NCCOc1ccccc1)Nc1ccc2c(c1)OCO2. The minimum Gasteiger partial charge on any atom is -0.492 e. The molecule has 2 amide bonds. The molecule has 0 aliphatic carbocycles. The van der Waals surface area contributed by atoms with Crippen LogP contribution in [0.2, 0.25) is 0 Å². The van der Waals surface area contributed by atoms with Crippen molar-refractivity contribution in [1.82, 2.24) is 5.32 Å². The van der Waals surface area contributed by atoms with Gasteiger partial charge in [0.05, 0.1) is 6.54 Å². The second-order valence-electron chi connectivity index (χ2n) is 4.61. The Morgan fingerprint density at radius 1 is 1.09 bits per heavy atom. The van der Waals surface area contributed by atoms with Gasteiger partial charge in [-0.3, -0.25) is 0 Å². The van der Waals surface area contributed by atoms with Gasteiger partial charge in [0.15, 0.2) is 11.5 Å². The maximum atomic E-state index is 11.8. The van der Waals surface area contributed by atoms with Gasteiger partial charge in [-0.25, -0.2) is 4.79 Å². The number of para-hydroxylation sites is 1. The molecule has 0 fully saturated rings. The fraction of sp³-hybridized carbons (Fsp3) is 0.188. The lowest BCUT2D eigenvalue weighted by Gasteiger charge is -2.09. The van der Waals surface area contributed by atoms with Crippen LogP contribution in [0.1, 0.15) is 0 Å². The molecule has 1 heterocycles. The van der Waals surface area contributed by atoms with Crippen LogP contribution in [-0.2, 0) is 0 Å². The van der Waals surface area contributed by atoms with Crippen LogP contribution in [0.5, 0.6) is 17.2 Å². The third-order valence-corrected chi connectivity index (χ3v) is 3.03. The second kappa shape index (κ2) is 6.71. The number of rotatable bonds is 5. The number of benzene rings is 2. The normalized spacial score (nSPS) is 11.8. The molecule has 0 unspecified atom stereocenters. The fourth-order valence-corrected chi connectivity index (χ4v) is 2.00. The van der Waals surface area contributed by atoms with Crippen LogP contribution in [0.25, 0.3) is 0 Å². The molecule has 2 aromatic carbocycles. The highest BCUT2D eigenvalue weighted by Crippen LogP contribution is 2.34. The minimum absolute atomic E-state index is 0.210. The first-order chi connectivity index (χ1) is 10.8. The molecule has 0 spiro atoms. The van der Waals surface area contributed by atoms with Gasteiger partial charge in [0.1, 0.15) is 12.4 Å². The summed E-state index contributed by atoms with van der Waals surface area (Å²) >= 11 is 0. The fourth-order valence-electron chi connectivity index (χ4n) is 2.00. The van der Waals surface area contributed by atoms with E-state index in [0.29, 0.717) is 30.3 Å². The number of nitrogens with one attached hydrogen (secondary N) is 2. The van der Waals surface area contributed by atoms with Crippen LogP contribution in [-0.4, -0.2) is 26.0 Å². The van der Waals surface area contributed by atoms with E-state index < -0.39 is 0 Å². The zero-order valence-corrected chi connectivity index (χ0v) is 11.9. The summed E-state index contributed by atoms with van der Waals surface area (Å²) in [4.78, 5) is 11.8. The molecule has 6 nitrogen and oxygen atoms in total. The molecule has 0 saturated heterocycles. The molecule has 3 rings (SSSR count). The van der Waals surface area contributed by atoms with E-state index in [4.69, 9.17) is 14.2 Å². The van der Waals surface area contributed by atoms with E-state index in [-0.39, 0.29) is 12.8 Å². The quantitative estimate of drug-likeness (QED) is 0.833. The predicted octanol–water partition coefficient (Wildman–Crippen LogP) is 2.62. The largest absolute Gasteiger partial charge is 0.492 e. The van der Waals surface area contributed by atoms with E-state index >= 15 is 0 Å². The zero-order valence-electron chi connectivity index (χ0n) is 11.9. The third-order valence-electron chi connectivity index (χ3n) is 3.03. The maximum absolute atomic E-state index is 11.8. The van der Waals surface area contributed by atoms with Gasteiger partial charge in [0.25, 0.3) is 0 Å². The van der Waals surface area contributed by atoms with Gasteiger partial charge in [0, 0.05) is 11.8 Å². The van der Waals surface area contributed by atoms with Crippen molar-refractivity contribution in [3.05, 3.63) is 48.5 Å². The lowest BCUT2D eigenvalue weighted by atomic mass is 10.3. The summed E-state index contributed by atoms with van der Waals surface area (Å²) in [5.74, 6) is 2.09. The Balaban J connectivity index is 1.41. The summed E-state index contributed by atoms with van der Waals surface area (Å²) in [6.45, 7) is 1.02. The van der Waals surface area contributed by atoms with E-state index in [0.717, 1.165) is 5.75 Å². The summed E-state index contributed by atoms with van der Waals surface area (Å²) < 4.78 is 16.0. The Labute approximate surface area is 128 Å². The van der Waals surface area contributed by atoms with Gasteiger partial charge in [-0.15, -0.1) is 0 Å². The zero-order chi connectivity index (χ0) is 15.2. The molecule has 2 N–H and O–H groups in total. The average Bonchev–Trinajstić information content (AvgIpc) is 3.00. The molecule has 1 aliphatic heterocycles. The molecule has 114 valence electrons. The Hall–Kier alpha value is -2.89. The molecule has 0 radical (unpaired) electrons. The summed E-state index contributed by atoms with van der Waals surface area (Å²) in [5, 5.41) is 5.45. The first kappa shape index (κ1) is 14.1. The molecule has 1 aliphatic rings. The van der Waals surface area contributed by atoms with Crippen molar-refractivity contribution in [3.8, 4) is 17.2 Å². The van der Waals surface area contributed by atoms with Crippen LogP contribution in [0.15, 0.2) is 48.5 Å². The van der Waals surface area contributed by atoms with E-state index in [1.165, 1.54) is 0 Å². The number of carbonyl (C=O) groups excluding carboxylic acids is 1. The van der Waals surface area contributed by atoms with E-state index in [9.17, 15) is 4.79 Å².